The van der Waals surface area contributed by atoms with Gasteiger partial charge >= 0.3 is 6.09 Å². The van der Waals surface area contributed by atoms with Gasteiger partial charge in [-0.15, -0.1) is 0 Å². The Labute approximate surface area is 128 Å². The summed E-state index contributed by atoms with van der Waals surface area (Å²) in [6, 6.07) is 10.9. The number of anilines is 1. The maximum absolute atomic E-state index is 11.4. The molecular weight excluding hydrogens is 280 g/mol. The SMILES string of the molecule is CC1(C)CN(C(=O)O)c2cc(C(O)c3ccccc3)ncc21. The maximum atomic E-state index is 11.4. The van der Waals surface area contributed by atoms with Crippen molar-refractivity contribution in [3.63, 3.8) is 0 Å². The van der Waals surface area contributed by atoms with E-state index in [9.17, 15) is 15.0 Å². The second-order valence-electron chi connectivity index (χ2n) is 6.19. The zero-order chi connectivity index (χ0) is 15.9. The van der Waals surface area contributed by atoms with Gasteiger partial charge < -0.3 is 10.2 Å². The molecule has 0 fully saturated rings. The van der Waals surface area contributed by atoms with Crippen molar-refractivity contribution in [2.24, 2.45) is 0 Å². The predicted molar refractivity (Wildman–Crippen MR) is 83.1 cm³/mol. The van der Waals surface area contributed by atoms with Crippen molar-refractivity contribution in [3.05, 3.63) is 59.4 Å². The third-order valence-electron chi connectivity index (χ3n) is 4.10. The van der Waals surface area contributed by atoms with E-state index in [1.54, 1.807) is 12.3 Å². The highest BCUT2D eigenvalue weighted by Crippen LogP contribution is 2.41. The third kappa shape index (κ3) is 2.33. The molecule has 114 valence electrons. The molecule has 22 heavy (non-hydrogen) atoms. The van der Waals surface area contributed by atoms with Gasteiger partial charge in [0.05, 0.1) is 11.4 Å². The summed E-state index contributed by atoms with van der Waals surface area (Å²) < 4.78 is 0. The summed E-state index contributed by atoms with van der Waals surface area (Å²) in [7, 11) is 0. The van der Waals surface area contributed by atoms with Crippen molar-refractivity contribution in [1.82, 2.24) is 4.98 Å². The number of hydrogen-bond donors (Lipinski definition) is 2. The molecule has 1 atom stereocenters. The van der Waals surface area contributed by atoms with Gasteiger partial charge in [-0.25, -0.2) is 4.79 Å². The van der Waals surface area contributed by atoms with E-state index in [0.29, 0.717) is 17.9 Å². The van der Waals surface area contributed by atoms with Crippen LogP contribution in [0.1, 0.15) is 36.8 Å². The van der Waals surface area contributed by atoms with Crippen molar-refractivity contribution >= 4 is 11.8 Å². The summed E-state index contributed by atoms with van der Waals surface area (Å²) in [4.78, 5) is 17.1. The van der Waals surface area contributed by atoms with Gasteiger partial charge in [0.15, 0.2) is 0 Å². The highest BCUT2D eigenvalue weighted by molar-refractivity contribution is 5.90. The van der Waals surface area contributed by atoms with Gasteiger partial charge in [-0.1, -0.05) is 44.2 Å². The Balaban J connectivity index is 2.04. The summed E-state index contributed by atoms with van der Waals surface area (Å²) >= 11 is 0. The highest BCUT2D eigenvalue weighted by atomic mass is 16.4. The Morgan fingerprint density at radius 2 is 2.00 bits per heavy atom. The standard InChI is InChI=1S/C17H18N2O3/c1-17(2)10-19(16(21)22)14-8-13(18-9-12(14)17)15(20)11-6-4-3-5-7-11/h3-9,15,20H,10H2,1-2H3,(H,21,22). The number of aliphatic hydroxyl groups is 1. The number of fused-ring (bicyclic) bond motifs is 1. The van der Waals surface area contributed by atoms with Gasteiger partial charge in [-0.2, -0.15) is 0 Å². The molecule has 5 nitrogen and oxygen atoms in total. The summed E-state index contributed by atoms with van der Waals surface area (Å²) in [6.45, 7) is 4.37. The fourth-order valence-electron chi connectivity index (χ4n) is 2.90. The third-order valence-corrected chi connectivity index (χ3v) is 4.10. The Bertz CT molecular complexity index is 713. The Morgan fingerprint density at radius 3 is 2.64 bits per heavy atom. The second kappa shape index (κ2) is 5.10. The number of amides is 1. The molecule has 1 aliphatic heterocycles. The van der Waals surface area contributed by atoms with Gasteiger partial charge in [-0.05, 0) is 11.6 Å². The number of nitrogens with zero attached hydrogens (tertiary/aromatic N) is 2. The molecule has 0 radical (unpaired) electrons. The Hall–Kier alpha value is -2.40. The van der Waals surface area contributed by atoms with Crippen LogP contribution >= 0.6 is 0 Å². The molecule has 2 N–H and O–H groups in total. The molecule has 2 heterocycles. The number of carbonyl (C=O) groups is 1. The molecule has 1 unspecified atom stereocenters. The molecule has 2 aromatic rings. The molecule has 1 amide bonds. The summed E-state index contributed by atoms with van der Waals surface area (Å²) in [5, 5.41) is 19.8. The fourth-order valence-corrected chi connectivity index (χ4v) is 2.90. The van der Waals surface area contributed by atoms with Crippen LogP contribution in [-0.2, 0) is 5.41 Å². The molecule has 0 bridgehead atoms. The maximum Gasteiger partial charge on any atom is 0.411 e. The van der Waals surface area contributed by atoms with Gasteiger partial charge in [0, 0.05) is 23.7 Å². The number of pyridine rings is 1. The molecule has 0 spiro atoms. The lowest BCUT2D eigenvalue weighted by atomic mass is 9.88. The van der Waals surface area contributed by atoms with E-state index in [-0.39, 0.29) is 5.41 Å². The van der Waals surface area contributed by atoms with Crippen LogP contribution in [0.25, 0.3) is 0 Å². The molecule has 5 heteroatoms. The van der Waals surface area contributed by atoms with Crippen molar-refractivity contribution in [2.45, 2.75) is 25.4 Å². The van der Waals surface area contributed by atoms with Crippen LogP contribution in [0.15, 0.2) is 42.6 Å². The Kier molecular flexibility index (Phi) is 3.37. The number of rotatable bonds is 2. The van der Waals surface area contributed by atoms with E-state index >= 15 is 0 Å². The number of hydrogen-bond acceptors (Lipinski definition) is 3. The number of aromatic nitrogens is 1. The van der Waals surface area contributed by atoms with Crippen molar-refractivity contribution in [2.75, 3.05) is 11.4 Å². The minimum Gasteiger partial charge on any atom is -0.465 e. The van der Waals surface area contributed by atoms with Gasteiger partial charge in [0.25, 0.3) is 0 Å². The molecule has 0 aliphatic carbocycles. The average molecular weight is 298 g/mol. The van der Waals surface area contributed by atoms with Crippen LogP contribution in [0.5, 0.6) is 0 Å². The molecule has 1 aromatic heterocycles. The van der Waals surface area contributed by atoms with E-state index in [1.807, 2.05) is 44.2 Å². The summed E-state index contributed by atoms with van der Waals surface area (Å²) in [6.07, 6.45) is -0.177. The zero-order valence-corrected chi connectivity index (χ0v) is 12.5. The average Bonchev–Trinajstić information content (AvgIpc) is 2.79. The minimum atomic E-state index is -0.988. The lowest BCUT2D eigenvalue weighted by molar-refractivity contribution is 0.201. The monoisotopic (exact) mass is 298 g/mol. The first-order chi connectivity index (χ1) is 10.4. The van der Waals surface area contributed by atoms with E-state index in [0.717, 1.165) is 11.1 Å². The quantitative estimate of drug-likeness (QED) is 0.894. The first kappa shape index (κ1) is 14.5. The van der Waals surface area contributed by atoms with Crippen LogP contribution in [0.4, 0.5) is 10.5 Å². The van der Waals surface area contributed by atoms with E-state index in [2.05, 4.69) is 4.98 Å². The zero-order valence-electron chi connectivity index (χ0n) is 12.5. The smallest absolute Gasteiger partial charge is 0.411 e. The largest absolute Gasteiger partial charge is 0.465 e. The molecular formula is C17H18N2O3. The van der Waals surface area contributed by atoms with Gasteiger partial charge in [0.1, 0.15) is 6.10 Å². The lowest BCUT2D eigenvalue weighted by Crippen LogP contribution is -2.32. The van der Waals surface area contributed by atoms with Crippen molar-refractivity contribution in [3.8, 4) is 0 Å². The first-order valence-corrected chi connectivity index (χ1v) is 7.14. The van der Waals surface area contributed by atoms with Crippen LogP contribution in [0, 0.1) is 0 Å². The normalized spacial score (nSPS) is 17.1. The van der Waals surface area contributed by atoms with Crippen LogP contribution in [0.2, 0.25) is 0 Å². The molecule has 1 aromatic carbocycles. The van der Waals surface area contributed by atoms with Gasteiger partial charge in [0.2, 0.25) is 0 Å². The number of benzene rings is 1. The second-order valence-corrected chi connectivity index (χ2v) is 6.19. The molecule has 1 aliphatic rings. The molecule has 0 saturated carbocycles. The van der Waals surface area contributed by atoms with Crippen molar-refractivity contribution < 1.29 is 15.0 Å². The Morgan fingerprint density at radius 1 is 1.32 bits per heavy atom. The minimum absolute atomic E-state index is 0.281. The first-order valence-electron chi connectivity index (χ1n) is 7.14. The summed E-state index contributed by atoms with van der Waals surface area (Å²) in [5.74, 6) is 0. The number of aliphatic hydroxyl groups excluding tert-OH is 1. The van der Waals surface area contributed by atoms with E-state index < -0.39 is 12.2 Å². The highest BCUT2D eigenvalue weighted by Gasteiger charge is 2.39. The molecule has 3 rings (SSSR count). The predicted octanol–water partition coefficient (Wildman–Crippen LogP) is 2.94. The van der Waals surface area contributed by atoms with Gasteiger partial charge in [-0.3, -0.25) is 9.88 Å². The lowest BCUT2D eigenvalue weighted by Gasteiger charge is -2.18. The fraction of sp³-hybridized carbons (Fsp3) is 0.294. The van der Waals surface area contributed by atoms with Crippen LogP contribution in [0.3, 0.4) is 0 Å². The van der Waals surface area contributed by atoms with Crippen molar-refractivity contribution in [1.29, 1.82) is 0 Å². The molecule has 0 saturated heterocycles. The van der Waals surface area contributed by atoms with Crippen LogP contribution in [-0.4, -0.2) is 27.8 Å². The van der Waals surface area contributed by atoms with E-state index in [1.165, 1.54) is 4.90 Å². The van der Waals surface area contributed by atoms with E-state index in [4.69, 9.17) is 0 Å². The number of carboxylic acid groups (broad SMARTS) is 1. The summed E-state index contributed by atoms with van der Waals surface area (Å²) in [5.41, 5.74) is 2.40. The van der Waals surface area contributed by atoms with Crippen LogP contribution < -0.4 is 4.90 Å². The topological polar surface area (TPSA) is 73.7 Å².